The summed E-state index contributed by atoms with van der Waals surface area (Å²) in [4.78, 5) is 12.8. The Morgan fingerprint density at radius 2 is 1.71 bits per heavy atom. The number of rotatable bonds is 7. The summed E-state index contributed by atoms with van der Waals surface area (Å²) in [5.41, 5.74) is 2.29. The van der Waals surface area contributed by atoms with Gasteiger partial charge in [-0.25, -0.2) is 0 Å². The third kappa shape index (κ3) is 3.34. The smallest absolute Gasteiger partial charge is 0.195 e. The lowest BCUT2D eigenvalue weighted by Gasteiger charge is -2.04. The molecular weight excluding hydrogens is 302 g/mol. The molecule has 24 heavy (non-hydrogen) atoms. The molecule has 124 valence electrons. The predicted molar refractivity (Wildman–Crippen MR) is 94.4 cm³/mol. The molecular formula is C20H21NO3. The quantitative estimate of drug-likeness (QED) is 0.514. The molecule has 2 N–H and O–H groups in total. The van der Waals surface area contributed by atoms with Crippen molar-refractivity contribution in [1.82, 2.24) is 4.57 Å². The van der Waals surface area contributed by atoms with E-state index in [4.69, 9.17) is 5.11 Å². The van der Waals surface area contributed by atoms with Crippen LogP contribution in [0.5, 0.6) is 5.75 Å². The minimum absolute atomic E-state index is 0.0414. The predicted octanol–water partition coefficient (Wildman–Crippen LogP) is 3.74. The summed E-state index contributed by atoms with van der Waals surface area (Å²) >= 11 is 0. The molecule has 0 unspecified atom stereocenters. The molecule has 3 aromatic rings. The van der Waals surface area contributed by atoms with Crippen molar-refractivity contribution in [2.75, 3.05) is 6.61 Å². The van der Waals surface area contributed by atoms with Crippen LogP contribution in [0.1, 0.15) is 35.2 Å². The van der Waals surface area contributed by atoms with E-state index in [9.17, 15) is 9.90 Å². The van der Waals surface area contributed by atoms with E-state index in [0.29, 0.717) is 11.1 Å². The average Bonchev–Trinajstić information content (AvgIpc) is 2.98. The first-order valence-electron chi connectivity index (χ1n) is 8.23. The Bertz CT molecular complexity index is 834. The van der Waals surface area contributed by atoms with Crippen LogP contribution in [-0.2, 0) is 6.54 Å². The van der Waals surface area contributed by atoms with Crippen molar-refractivity contribution in [2.24, 2.45) is 0 Å². The van der Waals surface area contributed by atoms with Crippen LogP contribution in [0.25, 0.3) is 10.9 Å². The number of ketones is 1. The third-order valence-electron chi connectivity index (χ3n) is 4.22. The lowest BCUT2D eigenvalue weighted by molar-refractivity contribution is 0.104. The number of aryl methyl sites for hydroxylation is 1. The Hall–Kier alpha value is -2.59. The van der Waals surface area contributed by atoms with Crippen LogP contribution < -0.4 is 0 Å². The maximum absolute atomic E-state index is 12.8. The number of phenolic OH excluding ortho intramolecular Hbond substituents is 1. The van der Waals surface area contributed by atoms with Gasteiger partial charge in [0.2, 0.25) is 0 Å². The van der Waals surface area contributed by atoms with Crippen LogP contribution in [-0.4, -0.2) is 27.2 Å². The number of hydrogen-bond acceptors (Lipinski definition) is 3. The number of phenols is 1. The van der Waals surface area contributed by atoms with Gasteiger partial charge >= 0.3 is 0 Å². The second-order valence-electron chi connectivity index (χ2n) is 5.91. The van der Waals surface area contributed by atoms with E-state index in [2.05, 4.69) is 4.57 Å². The first-order chi connectivity index (χ1) is 11.7. The molecule has 0 radical (unpaired) electrons. The van der Waals surface area contributed by atoms with Gasteiger partial charge in [0.25, 0.3) is 0 Å². The number of nitrogens with zero attached hydrogens (tertiary/aromatic N) is 1. The molecule has 4 heteroatoms. The number of benzene rings is 2. The summed E-state index contributed by atoms with van der Waals surface area (Å²) in [7, 11) is 0. The number of aromatic hydroxyl groups is 1. The molecule has 0 aliphatic rings. The fourth-order valence-corrected chi connectivity index (χ4v) is 2.95. The molecule has 0 spiro atoms. The Kier molecular flexibility index (Phi) is 4.96. The van der Waals surface area contributed by atoms with Gasteiger partial charge in [-0.05, 0) is 49.6 Å². The second-order valence-corrected chi connectivity index (χ2v) is 5.91. The Labute approximate surface area is 141 Å². The number of fused-ring (bicyclic) bond motifs is 1. The molecule has 0 atom stereocenters. The lowest BCUT2D eigenvalue weighted by atomic mass is 10.0. The highest BCUT2D eigenvalue weighted by molar-refractivity contribution is 6.16. The fraction of sp³-hybridized carbons (Fsp3) is 0.250. The second kappa shape index (κ2) is 7.32. The number of para-hydroxylation sites is 1. The summed E-state index contributed by atoms with van der Waals surface area (Å²) < 4.78 is 2.11. The van der Waals surface area contributed by atoms with Crippen molar-refractivity contribution >= 4 is 16.7 Å². The van der Waals surface area contributed by atoms with Crippen LogP contribution >= 0.6 is 0 Å². The van der Waals surface area contributed by atoms with Gasteiger partial charge in [-0.2, -0.15) is 0 Å². The van der Waals surface area contributed by atoms with Crippen molar-refractivity contribution in [2.45, 2.75) is 25.8 Å². The third-order valence-corrected chi connectivity index (χ3v) is 4.22. The SMILES string of the molecule is O=C(c1ccc(O)cc1)c1cn(CCCCCO)c2ccccc12. The standard InChI is InChI=1S/C20H21NO3/c22-13-5-1-4-12-21-14-18(17-6-2-3-7-19(17)21)20(24)15-8-10-16(23)11-9-15/h2-3,6-11,14,22-23H,1,4-5,12-13H2. The molecule has 0 saturated carbocycles. The summed E-state index contributed by atoms with van der Waals surface area (Å²) in [5.74, 6) is 0.109. The first kappa shape index (κ1) is 16.3. The normalized spacial score (nSPS) is 11.0. The number of aliphatic hydroxyl groups excluding tert-OH is 1. The van der Waals surface area contributed by atoms with Gasteiger partial charge in [0.05, 0.1) is 0 Å². The van der Waals surface area contributed by atoms with Crippen molar-refractivity contribution in [3.05, 3.63) is 65.9 Å². The Morgan fingerprint density at radius 3 is 2.46 bits per heavy atom. The fourth-order valence-electron chi connectivity index (χ4n) is 2.95. The summed E-state index contributed by atoms with van der Waals surface area (Å²) in [6.45, 7) is 1.04. The lowest BCUT2D eigenvalue weighted by Crippen LogP contribution is -2.01. The summed E-state index contributed by atoms with van der Waals surface area (Å²) in [5, 5.41) is 19.2. The van der Waals surface area contributed by atoms with Gasteiger partial charge in [-0.1, -0.05) is 18.2 Å². The number of carbonyl (C=O) groups is 1. The highest BCUT2D eigenvalue weighted by atomic mass is 16.3. The van der Waals surface area contributed by atoms with Gasteiger partial charge < -0.3 is 14.8 Å². The van der Waals surface area contributed by atoms with Gasteiger partial charge in [-0.3, -0.25) is 4.79 Å². The molecule has 0 saturated heterocycles. The van der Waals surface area contributed by atoms with Gasteiger partial charge in [0.1, 0.15) is 5.75 Å². The van der Waals surface area contributed by atoms with Crippen LogP contribution in [0.4, 0.5) is 0 Å². The number of carbonyl (C=O) groups excluding carboxylic acids is 1. The molecule has 3 rings (SSSR count). The van der Waals surface area contributed by atoms with E-state index in [0.717, 1.165) is 36.7 Å². The minimum atomic E-state index is -0.0414. The topological polar surface area (TPSA) is 62.5 Å². The van der Waals surface area contributed by atoms with E-state index in [1.54, 1.807) is 12.1 Å². The largest absolute Gasteiger partial charge is 0.508 e. The number of unbranched alkanes of at least 4 members (excludes halogenated alkanes) is 2. The van der Waals surface area contributed by atoms with E-state index >= 15 is 0 Å². The van der Waals surface area contributed by atoms with Crippen LogP contribution in [0.3, 0.4) is 0 Å². The molecule has 4 nitrogen and oxygen atoms in total. The van der Waals surface area contributed by atoms with E-state index < -0.39 is 0 Å². The van der Waals surface area contributed by atoms with Gasteiger partial charge in [0, 0.05) is 41.4 Å². The molecule has 0 aliphatic heterocycles. The summed E-state index contributed by atoms with van der Waals surface area (Å²) in [6, 6.07) is 14.2. The van der Waals surface area contributed by atoms with Crippen molar-refractivity contribution in [3.8, 4) is 5.75 Å². The molecule has 0 fully saturated rings. The molecule has 1 heterocycles. The number of hydrogen-bond donors (Lipinski definition) is 2. The molecule has 0 amide bonds. The van der Waals surface area contributed by atoms with Crippen molar-refractivity contribution < 1.29 is 15.0 Å². The zero-order chi connectivity index (χ0) is 16.9. The van der Waals surface area contributed by atoms with Crippen molar-refractivity contribution in [3.63, 3.8) is 0 Å². The first-order valence-corrected chi connectivity index (χ1v) is 8.23. The maximum atomic E-state index is 12.8. The monoisotopic (exact) mass is 323 g/mol. The number of aliphatic hydroxyl groups is 1. The molecule has 2 aromatic carbocycles. The molecule has 0 bridgehead atoms. The van der Waals surface area contributed by atoms with E-state index in [-0.39, 0.29) is 18.1 Å². The Balaban J connectivity index is 1.93. The van der Waals surface area contributed by atoms with Crippen LogP contribution in [0.15, 0.2) is 54.7 Å². The molecule has 1 aromatic heterocycles. The van der Waals surface area contributed by atoms with E-state index in [1.165, 1.54) is 12.1 Å². The van der Waals surface area contributed by atoms with E-state index in [1.807, 2.05) is 30.5 Å². The highest BCUT2D eigenvalue weighted by Crippen LogP contribution is 2.25. The zero-order valence-corrected chi connectivity index (χ0v) is 13.5. The van der Waals surface area contributed by atoms with Crippen LogP contribution in [0, 0.1) is 0 Å². The molecule has 0 aliphatic carbocycles. The maximum Gasteiger partial charge on any atom is 0.195 e. The number of aromatic nitrogens is 1. The average molecular weight is 323 g/mol. The minimum Gasteiger partial charge on any atom is -0.508 e. The van der Waals surface area contributed by atoms with Gasteiger partial charge in [0.15, 0.2) is 5.78 Å². The van der Waals surface area contributed by atoms with Gasteiger partial charge in [-0.15, -0.1) is 0 Å². The highest BCUT2D eigenvalue weighted by Gasteiger charge is 2.16. The van der Waals surface area contributed by atoms with Crippen molar-refractivity contribution in [1.29, 1.82) is 0 Å². The summed E-state index contributed by atoms with van der Waals surface area (Å²) in [6.07, 6.45) is 4.65. The zero-order valence-electron chi connectivity index (χ0n) is 13.5. The Morgan fingerprint density at radius 1 is 0.958 bits per heavy atom. The van der Waals surface area contributed by atoms with Crippen LogP contribution in [0.2, 0.25) is 0 Å².